The molecule has 98 valence electrons. The predicted octanol–water partition coefficient (Wildman–Crippen LogP) is 0.961. The lowest BCUT2D eigenvalue weighted by Crippen LogP contribution is -2.46. The van der Waals surface area contributed by atoms with Gasteiger partial charge in [-0.05, 0) is 32.4 Å². The fourth-order valence-corrected chi connectivity index (χ4v) is 1.73. The van der Waals surface area contributed by atoms with Gasteiger partial charge in [0.15, 0.2) is 0 Å². The van der Waals surface area contributed by atoms with Gasteiger partial charge in [-0.3, -0.25) is 9.59 Å². The third kappa shape index (κ3) is 3.48. The van der Waals surface area contributed by atoms with Gasteiger partial charge in [0, 0.05) is 17.6 Å². The number of primary amides is 1. The zero-order chi connectivity index (χ0) is 13.9. The third-order valence-corrected chi connectivity index (χ3v) is 2.64. The highest BCUT2D eigenvalue weighted by atomic mass is 16.2. The van der Waals surface area contributed by atoms with Crippen molar-refractivity contribution in [1.82, 2.24) is 5.32 Å². The van der Waals surface area contributed by atoms with Crippen molar-refractivity contribution in [2.75, 3.05) is 5.73 Å². The van der Waals surface area contributed by atoms with Crippen LogP contribution in [0.25, 0.3) is 0 Å². The number of nitrogens with one attached hydrogen (secondary N) is 1. The molecule has 0 bridgehead atoms. The number of hydrogen-bond acceptors (Lipinski definition) is 3. The van der Waals surface area contributed by atoms with Crippen LogP contribution in [-0.4, -0.2) is 17.4 Å². The van der Waals surface area contributed by atoms with Crippen molar-refractivity contribution in [2.24, 2.45) is 5.73 Å². The summed E-state index contributed by atoms with van der Waals surface area (Å²) in [5.74, 6) is -0.764. The fraction of sp³-hybridized carbons (Fsp3) is 0.385. The highest BCUT2D eigenvalue weighted by Gasteiger charge is 2.24. The predicted molar refractivity (Wildman–Crippen MR) is 70.9 cm³/mol. The van der Waals surface area contributed by atoms with E-state index in [0.29, 0.717) is 11.3 Å². The Morgan fingerprint density at radius 3 is 2.50 bits per heavy atom. The highest BCUT2D eigenvalue weighted by molar-refractivity contribution is 6.00. The van der Waals surface area contributed by atoms with Crippen molar-refractivity contribution in [2.45, 2.75) is 32.7 Å². The number of aryl methyl sites for hydroxylation is 1. The molecule has 0 atom stereocenters. The number of nitrogens with two attached hydrogens (primary N) is 2. The van der Waals surface area contributed by atoms with E-state index in [0.717, 1.165) is 5.56 Å². The Bertz CT molecular complexity index is 481. The van der Waals surface area contributed by atoms with Crippen molar-refractivity contribution >= 4 is 17.5 Å². The molecule has 0 fully saturated rings. The summed E-state index contributed by atoms with van der Waals surface area (Å²) in [6, 6.07) is 5.25. The molecule has 5 nitrogen and oxygen atoms in total. The van der Waals surface area contributed by atoms with Crippen molar-refractivity contribution in [3.05, 3.63) is 29.3 Å². The molecular weight excluding hydrogens is 230 g/mol. The Morgan fingerprint density at radius 2 is 1.94 bits per heavy atom. The molecule has 0 spiro atoms. The van der Waals surface area contributed by atoms with Crippen LogP contribution in [0.5, 0.6) is 0 Å². The number of rotatable bonds is 4. The van der Waals surface area contributed by atoms with Gasteiger partial charge in [0.1, 0.15) is 0 Å². The van der Waals surface area contributed by atoms with Crippen LogP contribution >= 0.6 is 0 Å². The van der Waals surface area contributed by atoms with Crippen LogP contribution < -0.4 is 16.8 Å². The van der Waals surface area contributed by atoms with Gasteiger partial charge in [0.2, 0.25) is 5.91 Å². The molecule has 5 heteroatoms. The molecule has 18 heavy (non-hydrogen) atoms. The lowest BCUT2D eigenvalue weighted by atomic mass is 9.99. The number of hydrogen-bond donors (Lipinski definition) is 3. The van der Waals surface area contributed by atoms with E-state index in [1.165, 1.54) is 0 Å². The largest absolute Gasteiger partial charge is 0.398 e. The maximum Gasteiger partial charge on any atom is 0.253 e. The van der Waals surface area contributed by atoms with Crippen LogP contribution in [0.1, 0.15) is 36.2 Å². The van der Waals surface area contributed by atoms with Crippen LogP contribution in [0.15, 0.2) is 18.2 Å². The first kappa shape index (κ1) is 14.0. The quantitative estimate of drug-likeness (QED) is 0.693. The Kier molecular flexibility index (Phi) is 3.96. The zero-order valence-corrected chi connectivity index (χ0v) is 10.9. The van der Waals surface area contributed by atoms with Crippen molar-refractivity contribution < 1.29 is 9.59 Å². The number of amides is 2. The normalized spacial score (nSPS) is 11.1. The second-order valence-electron chi connectivity index (χ2n) is 5.02. The Labute approximate surface area is 107 Å². The summed E-state index contributed by atoms with van der Waals surface area (Å²) in [6.45, 7) is 5.31. The minimum atomic E-state index is -0.695. The summed E-state index contributed by atoms with van der Waals surface area (Å²) in [5, 5.41) is 2.75. The van der Waals surface area contributed by atoms with Gasteiger partial charge < -0.3 is 16.8 Å². The number of nitrogen functional groups attached to an aromatic ring is 1. The first-order valence-corrected chi connectivity index (χ1v) is 5.69. The van der Waals surface area contributed by atoms with Gasteiger partial charge in [0.25, 0.3) is 5.91 Å². The second kappa shape index (κ2) is 5.08. The molecule has 0 aromatic heterocycles. The van der Waals surface area contributed by atoms with Crippen LogP contribution in [0.4, 0.5) is 5.69 Å². The van der Waals surface area contributed by atoms with Crippen LogP contribution in [0, 0.1) is 6.92 Å². The molecular formula is C13H19N3O2. The van der Waals surface area contributed by atoms with Gasteiger partial charge in [-0.15, -0.1) is 0 Å². The maximum absolute atomic E-state index is 12.1. The van der Waals surface area contributed by atoms with Crippen molar-refractivity contribution in [3.63, 3.8) is 0 Å². The summed E-state index contributed by atoms with van der Waals surface area (Å²) in [7, 11) is 0. The summed E-state index contributed by atoms with van der Waals surface area (Å²) < 4.78 is 0. The number of para-hydroxylation sites is 1. The summed E-state index contributed by atoms with van der Waals surface area (Å²) >= 11 is 0. The van der Waals surface area contributed by atoms with Crippen molar-refractivity contribution in [1.29, 1.82) is 0 Å². The minimum absolute atomic E-state index is 0.0739. The van der Waals surface area contributed by atoms with Crippen LogP contribution in [-0.2, 0) is 4.79 Å². The summed E-state index contributed by atoms with van der Waals surface area (Å²) in [5.41, 5.74) is 12.0. The van der Waals surface area contributed by atoms with Gasteiger partial charge in [0.05, 0.1) is 5.56 Å². The van der Waals surface area contributed by atoms with E-state index in [-0.39, 0.29) is 12.3 Å². The van der Waals surface area contributed by atoms with E-state index in [1.54, 1.807) is 26.0 Å². The average molecular weight is 249 g/mol. The van der Waals surface area contributed by atoms with E-state index >= 15 is 0 Å². The SMILES string of the molecule is Cc1cccc(C(=O)NC(C)(C)CC(N)=O)c1N. The summed E-state index contributed by atoms with van der Waals surface area (Å²) in [4.78, 5) is 23.0. The van der Waals surface area contributed by atoms with E-state index in [2.05, 4.69) is 5.32 Å². The molecule has 0 saturated heterocycles. The number of benzene rings is 1. The van der Waals surface area contributed by atoms with E-state index < -0.39 is 11.4 Å². The first-order chi connectivity index (χ1) is 8.23. The lowest BCUT2D eigenvalue weighted by Gasteiger charge is -2.25. The lowest BCUT2D eigenvalue weighted by molar-refractivity contribution is -0.119. The number of carbonyl (C=O) groups excluding carboxylic acids is 2. The van der Waals surface area contributed by atoms with E-state index in [1.807, 2.05) is 13.0 Å². The third-order valence-electron chi connectivity index (χ3n) is 2.64. The first-order valence-electron chi connectivity index (χ1n) is 5.69. The molecule has 0 saturated carbocycles. The van der Waals surface area contributed by atoms with Crippen molar-refractivity contribution in [3.8, 4) is 0 Å². The molecule has 1 aromatic rings. The molecule has 0 aliphatic heterocycles. The highest BCUT2D eigenvalue weighted by Crippen LogP contribution is 2.18. The van der Waals surface area contributed by atoms with E-state index in [4.69, 9.17) is 11.5 Å². The molecule has 2 amide bonds. The summed E-state index contributed by atoms with van der Waals surface area (Å²) in [6.07, 6.45) is 0.0739. The molecule has 0 heterocycles. The van der Waals surface area contributed by atoms with Gasteiger partial charge in [-0.2, -0.15) is 0 Å². The molecule has 1 rings (SSSR count). The fourth-order valence-electron chi connectivity index (χ4n) is 1.73. The smallest absolute Gasteiger partial charge is 0.253 e. The molecule has 5 N–H and O–H groups in total. The maximum atomic E-state index is 12.1. The molecule has 0 aliphatic rings. The molecule has 0 aliphatic carbocycles. The van der Waals surface area contributed by atoms with E-state index in [9.17, 15) is 9.59 Å². The topological polar surface area (TPSA) is 98.2 Å². The number of carbonyl (C=O) groups is 2. The average Bonchev–Trinajstić information content (AvgIpc) is 2.18. The Balaban J connectivity index is 2.89. The van der Waals surface area contributed by atoms with Crippen LogP contribution in [0.3, 0.4) is 0 Å². The second-order valence-corrected chi connectivity index (χ2v) is 5.02. The van der Waals surface area contributed by atoms with Gasteiger partial charge in [-0.1, -0.05) is 12.1 Å². The molecule has 0 radical (unpaired) electrons. The monoisotopic (exact) mass is 249 g/mol. The van der Waals surface area contributed by atoms with Gasteiger partial charge in [-0.25, -0.2) is 0 Å². The molecule has 0 unspecified atom stereocenters. The minimum Gasteiger partial charge on any atom is -0.398 e. The van der Waals surface area contributed by atoms with Gasteiger partial charge >= 0.3 is 0 Å². The van der Waals surface area contributed by atoms with Crippen LogP contribution in [0.2, 0.25) is 0 Å². The Morgan fingerprint density at radius 1 is 1.33 bits per heavy atom. The zero-order valence-electron chi connectivity index (χ0n) is 10.9. The number of anilines is 1. The molecule has 1 aromatic carbocycles. The standard InChI is InChI=1S/C13H19N3O2/c1-8-5-4-6-9(11(8)15)12(18)16-13(2,3)7-10(14)17/h4-6H,7,15H2,1-3H3,(H2,14,17)(H,16,18). The Hall–Kier alpha value is -2.04.